The number of ether oxygens (including phenoxy) is 1. The predicted octanol–water partition coefficient (Wildman–Crippen LogP) is 2.76. The van der Waals surface area contributed by atoms with Gasteiger partial charge in [0.1, 0.15) is 11.9 Å². The van der Waals surface area contributed by atoms with E-state index in [2.05, 4.69) is 11.6 Å². The Hall–Kier alpha value is -2.11. The van der Waals surface area contributed by atoms with Gasteiger partial charge in [-0.25, -0.2) is 9.78 Å². The highest BCUT2D eigenvalue weighted by Crippen LogP contribution is 2.25. The summed E-state index contributed by atoms with van der Waals surface area (Å²) in [7, 11) is 0. The summed E-state index contributed by atoms with van der Waals surface area (Å²) in [6.45, 7) is 8.95. The highest BCUT2D eigenvalue weighted by molar-refractivity contribution is 5.84. The van der Waals surface area contributed by atoms with Crippen LogP contribution in [0.4, 0.5) is 0 Å². The third-order valence-corrected chi connectivity index (χ3v) is 2.37. The smallest absolute Gasteiger partial charge is 0.357 e. The van der Waals surface area contributed by atoms with E-state index in [4.69, 9.17) is 14.3 Å². The first-order valence-electron chi connectivity index (χ1n) is 6.24. The summed E-state index contributed by atoms with van der Waals surface area (Å²) in [5, 5.41) is 8.81. The van der Waals surface area contributed by atoms with E-state index < -0.39 is 11.6 Å². The minimum absolute atomic E-state index is 0.0584. The van der Waals surface area contributed by atoms with Gasteiger partial charge >= 0.3 is 11.9 Å². The van der Waals surface area contributed by atoms with Gasteiger partial charge in [-0.3, -0.25) is 4.79 Å². The number of oxazole rings is 1. The van der Waals surface area contributed by atoms with Gasteiger partial charge in [0, 0.05) is 5.92 Å². The number of esters is 1. The second kappa shape index (κ2) is 6.36. The van der Waals surface area contributed by atoms with Crippen LogP contribution < -0.4 is 0 Å². The molecule has 0 bridgehead atoms. The van der Waals surface area contributed by atoms with Crippen molar-refractivity contribution in [3.05, 3.63) is 30.5 Å². The molecule has 20 heavy (non-hydrogen) atoms. The third-order valence-electron chi connectivity index (χ3n) is 2.37. The first-order valence-corrected chi connectivity index (χ1v) is 6.24. The Morgan fingerprint density at radius 2 is 2.20 bits per heavy atom. The average molecular weight is 281 g/mol. The molecule has 1 N–H and O–H groups in total. The van der Waals surface area contributed by atoms with E-state index in [9.17, 15) is 9.59 Å². The summed E-state index contributed by atoms with van der Waals surface area (Å²) in [5.41, 5.74) is -0.753. The second-order valence-corrected chi connectivity index (χ2v) is 5.39. The Morgan fingerprint density at radius 3 is 2.65 bits per heavy atom. The minimum atomic E-state index is -1.17. The lowest BCUT2D eigenvalue weighted by molar-refractivity contribution is -0.155. The van der Waals surface area contributed by atoms with E-state index in [1.807, 2.05) is 0 Å². The topological polar surface area (TPSA) is 89.6 Å². The first-order chi connectivity index (χ1) is 9.23. The lowest BCUT2D eigenvalue weighted by Gasteiger charge is -2.20. The summed E-state index contributed by atoms with van der Waals surface area (Å²) < 4.78 is 10.4. The number of hydrogen-bond donors (Lipinski definition) is 1. The van der Waals surface area contributed by atoms with Gasteiger partial charge in [0.25, 0.3) is 0 Å². The fraction of sp³-hybridized carbons (Fsp3) is 0.500. The molecule has 0 amide bonds. The maximum Gasteiger partial charge on any atom is 0.357 e. The largest absolute Gasteiger partial charge is 0.476 e. The number of rotatable bonds is 6. The van der Waals surface area contributed by atoms with Gasteiger partial charge in [-0.2, -0.15) is 0 Å². The number of hydrogen-bond acceptors (Lipinski definition) is 5. The molecule has 0 aliphatic carbocycles. The van der Waals surface area contributed by atoms with Gasteiger partial charge in [-0.15, -0.1) is 6.58 Å². The van der Waals surface area contributed by atoms with E-state index in [-0.39, 0.29) is 29.9 Å². The van der Waals surface area contributed by atoms with Gasteiger partial charge in [0.15, 0.2) is 11.6 Å². The molecular formula is C14H19NO5. The van der Waals surface area contributed by atoms with Crippen LogP contribution in [-0.2, 0) is 9.53 Å². The van der Waals surface area contributed by atoms with Crippen LogP contribution in [0.15, 0.2) is 23.3 Å². The fourth-order valence-electron chi connectivity index (χ4n) is 1.63. The Morgan fingerprint density at radius 1 is 1.55 bits per heavy atom. The maximum atomic E-state index is 11.8. The zero-order valence-corrected chi connectivity index (χ0v) is 11.9. The van der Waals surface area contributed by atoms with E-state index in [1.165, 1.54) is 0 Å². The molecule has 1 heterocycles. The Bertz CT molecular complexity index is 498. The summed E-state index contributed by atoms with van der Waals surface area (Å²) >= 11 is 0. The number of carboxylic acids is 1. The Labute approximate surface area is 117 Å². The highest BCUT2D eigenvalue weighted by Gasteiger charge is 2.25. The Kier molecular flexibility index (Phi) is 5.07. The number of aromatic nitrogens is 1. The van der Waals surface area contributed by atoms with Crippen LogP contribution in [0.5, 0.6) is 0 Å². The van der Waals surface area contributed by atoms with Crippen molar-refractivity contribution >= 4 is 11.9 Å². The molecule has 6 heteroatoms. The maximum absolute atomic E-state index is 11.8. The molecule has 1 aromatic heterocycles. The third kappa shape index (κ3) is 4.87. The molecule has 1 unspecified atom stereocenters. The van der Waals surface area contributed by atoms with E-state index >= 15 is 0 Å². The van der Waals surface area contributed by atoms with E-state index in [1.54, 1.807) is 26.8 Å². The van der Waals surface area contributed by atoms with Gasteiger partial charge in [0.2, 0.25) is 0 Å². The van der Waals surface area contributed by atoms with E-state index in [0.29, 0.717) is 6.42 Å². The van der Waals surface area contributed by atoms with Crippen molar-refractivity contribution in [3.8, 4) is 0 Å². The van der Waals surface area contributed by atoms with Crippen LogP contribution in [0.2, 0.25) is 0 Å². The normalized spacial score (nSPS) is 12.8. The van der Waals surface area contributed by atoms with Crippen LogP contribution in [0, 0.1) is 0 Å². The quantitative estimate of drug-likeness (QED) is 0.637. The first kappa shape index (κ1) is 15.9. The SMILES string of the molecule is C=CCC(CC(=O)OC(C)(C)C)c1nc(C(=O)O)co1. The number of carbonyl (C=O) groups is 2. The van der Waals surface area contributed by atoms with Crippen molar-refractivity contribution in [1.82, 2.24) is 4.98 Å². The van der Waals surface area contributed by atoms with Crippen molar-refractivity contribution in [2.45, 2.75) is 45.1 Å². The van der Waals surface area contributed by atoms with Gasteiger partial charge in [-0.05, 0) is 27.2 Å². The molecule has 0 fully saturated rings. The second-order valence-electron chi connectivity index (χ2n) is 5.39. The molecular weight excluding hydrogens is 262 g/mol. The van der Waals surface area contributed by atoms with Gasteiger partial charge < -0.3 is 14.3 Å². The molecule has 6 nitrogen and oxygen atoms in total. The number of allylic oxidation sites excluding steroid dienone is 1. The summed E-state index contributed by atoms with van der Waals surface area (Å²) in [6, 6.07) is 0. The Balaban J connectivity index is 2.80. The van der Waals surface area contributed by atoms with Gasteiger partial charge in [-0.1, -0.05) is 6.08 Å². The number of carbonyl (C=O) groups excluding carboxylic acids is 1. The van der Waals surface area contributed by atoms with Crippen molar-refractivity contribution in [2.75, 3.05) is 0 Å². The lowest BCUT2D eigenvalue weighted by atomic mass is 10.0. The van der Waals surface area contributed by atoms with E-state index in [0.717, 1.165) is 6.26 Å². The fourth-order valence-corrected chi connectivity index (χ4v) is 1.63. The number of carboxylic acid groups (broad SMARTS) is 1. The zero-order valence-electron chi connectivity index (χ0n) is 11.9. The average Bonchev–Trinajstić information content (AvgIpc) is 2.74. The summed E-state index contributed by atoms with van der Waals surface area (Å²) in [4.78, 5) is 26.4. The monoisotopic (exact) mass is 281 g/mol. The summed E-state index contributed by atoms with van der Waals surface area (Å²) in [5.74, 6) is -1.74. The van der Waals surface area contributed by atoms with Gasteiger partial charge in [0.05, 0.1) is 6.42 Å². The van der Waals surface area contributed by atoms with Crippen molar-refractivity contribution < 1.29 is 23.8 Å². The van der Waals surface area contributed by atoms with Crippen molar-refractivity contribution in [2.24, 2.45) is 0 Å². The molecule has 0 aliphatic rings. The highest BCUT2D eigenvalue weighted by atomic mass is 16.6. The molecule has 0 spiro atoms. The summed E-state index contributed by atoms with van der Waals surface area (Å²) in [6.07, 6.45) is 3.18. The zero-order chi connectivity index (χ0) is 15.3. The molecule has 1 atom stereocenters. The molecule has 1 rings (SSSR count). The molecule has 0 aromatic carbocycles. The minimum Gasteiger partial charge on any atom is -0.476 e. The molecule has 0 radical (unpaired) electrons. The number of nitrogens with zero attached hydrogens (tertiary/aromatic N) is 1. The molecule has 1 aromatic rings. The molecule has 110 valence electrons. The standard InChI is InChI=1S/C14H19NO5/c1-5-6-9(7-11(16)20-14(2,3)4)12-15-10(8-19-12)13(17)18/h5,8-9H,1,6-7H2,2-4H3,(H,17,18). The van der Waals surface area contributed by atoms with Crippen LogP contribution in [0.1, 0.15) is 55.9 Å². The van der Waals surface area contributed by atoms with Crippen molar-refractivity contribution in [1.29, 1.82) is 0 Å². The van der Waals surface area contributed by atoms with Crippen LogP contribution in [-0.4, -0.2) is 27.6 Å². The van der Waals surface area contributed by atoms with Crippen LogP contribution in [0.3, 0.4) is 0 Å². The predicted molar refractivity (Wildman–Crippen MR) is 71.5 cm³/mol. The van der Waals surface area contributed by atoms with Crippen LogP contribution in [0.25, 0.3) is 0 Å². The van der Waals surface area contributed by atoms with Crippen LogP contribution >= 0.6 is 0 Å². The number of aromatic carboxylic acids is 1. The lowest BCUT2D eigenvalue weighted by Crippen LogP contribution is -2.25. The molecule has 0 saturated carbocycles. The molecule has 0 aliphatic heterocycles. The van der Waals surface area contributed by atoms with Crippen molar-refractivity contribution in [3.63, 3.8) is 0 Å². The molecule has 0 saturated heterocycles.